The number of carbonyl (C=O) groups is 2. The molecule has 0 heterocycles. The third kappa shape index (κ3) is 5.62. The van der Waals surface area contributed by atoms with Crippen LogP contribution in [0, 0.1) is 13.8 Å². The highest BCUT2D eigenvalue weighted by Crippen LogP contribution is 2.40. The van der Waals surface area contributed by atoms with E-state index in [4.69, 9.17) is 21.1 Å². The van der Waals surface area contributed by atoms with Crippen LogP contribution in [0.15, 0.2) is 72.8 Å². The second-order valence-corrected chi connectivity index (χ2v) is 9.81. The summed E-state index contributed by atoms with van der Waals surface area (Å²) in [6.45, 7) is 8.37. The number of methoxy groups -OCH3 is 1. The van der Waals surface area contributed by atoms with Crippen molar-refractivity contribution in [2.75, 3.05) is 12.4 Å². The fraction of sp³-hybridized carbons (Fsp3) is 0.226. The number of para-hydroxylation sites is 1. The largest absolute Gasteiger partial charge is 0.496 e. The molecule has 2 aromatic carbocycles. The van der Waals surface area contributed by atoms with Crippen LogP contribution in [0.4, 0.5) is 5.69 Å². The van der Waals surface area contributed by atoms with E-state index in [1.54, 1.807) is 48.5 Å². The summed E-state index contributed by atoms with van der Waals surface area (Å²) in [4.78, 5) is 26.8. The van der Waals surface area contributed by atoms with E-state index >= 15 is 0 Å². The summed E-state index contributed by atoms with van der Waals surface area (Å²) in [6.07, 6.45) is -1.20. The number of rotatable bonds is 7. The average molecular weight is 516 g/mol. The van der Waals surface area contributed by atoms with E-state index in [2.05, 4.69) is 37.4 Å². The van der Waals surface area contributed by atoms with Gasteiger partial charge < -0.3 is 14.8 Å². The van der Waals surface area contributed by atoms with Crippen LogP contribution in [0.5, 0.6) is 5.75 Å². The molecular formula is C31H30ClNO4. The highest BCUT2D eigenvalue weighted by molar-refractivity contribution is 6.30. The summed E-state index contributed by atoms with van der Waals surface area (Å²) >= 11 is 6.07. The highest BCUT2D eigenvalue weighted by atomic mass is 35.5. The van der Waals surface area contributed by atoms with Gasteiger partial charge in [0.15, 0.2) is 0 Å². The first-order valence-electron chi connectivity index (χ1n) is 12.1. The fourth-order valence-electron chi connectivity index (χ4n) is 4.39. The molecule has 37 heavy (non-hydrogen) atoms. The molecule has 0 fully saturated rings. The van der Waals surface area contributed by atoms with Crippen LogP contribution < -0.4 is 10.1 Å². The molecule has 2 aromatic rings. The highest BCUT2D eigenvalue weighted by Gasteiger charge is 2.29. The van der Waals surface area contributed by atoms with Crippen LogP contribution in [0.2, 0.25) is 5.02 Å². The summed E-state index contributed by atoms with van der Waals surface area (Å²) in [5.41, 5.74) is 6.76. The molecule has 1 amide bonds. The molecule has 0 aliphatic heterocycles. The lowest BCUT2D eigenvalue weighted by molar-refractivity contribution is -0.125. The van der Waals surface area contributed by atoms with Gasteiger partial charge in [-0.3, -0.25) is 4.79 Å². The van der Waals surface area contributed by atoms with Crippen LogP contribution in [0.3, 0.4) is 0 Å². The molecule has 190 valence electrons. The zero-order valence-electron chi connectivity index (χ0n) is 21.6. The Morgan fingerprint density at radius 3 is 2.22 bits per heavy atom. The van der Waals surface area contributed by atoms with Crippen molar-refractivity contribution in [2.45, 2.75) is 39.7 Å². The second-order valence-electron chi connectivity index (χ2n) is 9.37. The van der Waals surface area contributed by atoms with Crippen molar-refractivity contribution >= 4 is 29.2 Å². The van der Waals surface area contributed by atoms with E-state index in [0.717, 1.165) is 22.3 Å². The molecule has 2 aliphatic carbocycles. The first-order chi connectivity index (χ1) is 17.7. The predicted octanol–water partition coefficient (Wildman–Crippen LogP) is 7.73. The van der Waals surface area contributed by atoms with Crippen molar-refractivity contribution in [3.05, 3.63) is 106 Å². The third-order valence-electron chi connectivity index (χ3n) is 6.44. The van der Waals surface area contributed by atoms with Gasteiger partial charge in [-0.05, 0) is 72.4 Å². The number of benzene rings is 2. The first-order valence-corrected chi connectivity index (χ1v) is 12.5. The van der Waals surface area contributed by atoms with E-state index in [9.17, 15) is 9.59 Å². The minimum atomic E-state index is -1.20. The van der Waals surface area contributed by atoms with Crippen molar-refractivity contribution in [3.8, 4) is 16.9 Å². The summed E-state index contributed by atoms with van der Waals surface area (Å²) in [5.74, 6) is -0.400. The quantitative estimate of drug-likeness (QED) is 0.256. The Balaban J connectivity index is 1.70. The third-order valence-corrected chi connectivity index (χ3v) is 6.69. The topological polar surface area (TPSA) is 64.6 Å². The number of esters is 1. The van der Waals surface area contributed by atoms with Crippen molar-refractivity contribution in [3.63, 3.8) is 0 Å². The Kier molecular flexibility index (Phi) is 7.84. The lowest BCUT2D eigenvalue weighted by Gasteiger charge is -2.19. The number of ether oxygens (including phenoxy) is 2. The molecule has 0 saturated heterocycles. The summed E-state index contributed by atoms with van der Waals surface area (Å²) < 4.78 is 11.1. The molecule has 0 radical (unpaired) electrons. The number of amides is 1. The van der Waals surface area contributed by atoms with Gasteiger partial charge >= 0.3 is 5.97 Å². The molecular weight excluding hydrogens is 486 g/mol. The van der Waals surface area contributed by atoms with Crippen LogP contribution in [0.25, 0.3) is 11.1 Å². The molecule has 1 atom stereocenters. The van der Waals surface area contributed by atoms with Gasteiger partial charge in [0.1, 0.15) is 11.3 Å². The van der Waals surface area contributed by atoms with Crippen LogP contribution in [-0.4, -0.2) is 19.0 Å². The molecule has 5 nitrogen and oxygen atoms in total. The monoisotopic (exact) mass is 515 g/mol. The first kappa shape index (κ1) is 26.2. The smallest absolute Gasteiger partial charge is 0.343 e. The zero-order chi connectivity index (χ0) is 26.7. The van der Waals surface area contributed by atoms with E-state index in [-0.39, 0.29) is 5.56 Å². The maximum Gasteiger partial charge on any atom is 0.343 e. The van der Waals surface area contributed by atoms with E-state index < -0.39 is 18.0 Å². The SMILES string of the molecule is COc1ccccc1C(=O)OC(C(=O)Nc1cc(C)c2cc(C(C)C)ccc(C)c1-2)c1ccc(Cl)cc1. The number of halogens is 1. The van der Waals surface area contributed by atoms with Gasteiger partial charge in [0.2, 0.25) is 6.10 Å². The molecule has 2 aliphatic rings. The van der Waals surface area contributed by atoms with E-state index in [1.807, 2.05) is 19.9 Å². The number of anilines is 1. The van der Waals surface area contributed by atoms with E-state index in [0.29, 0.717) is 27.9 Å². The summed E-state index contributed by atoms with van der Waals surface area (Å²) in [5, 5.41) is 3.54. The Bertz CT molecular complexity index is 1410. The Hall–Kier alpha value is -3.83. The zero-order valence-corrected chi connectivity index (χ0v) is 22.3. The fourth-order valence-corrected chi connectivity index (χ4v) is 4.52. The summed E-state index contributed by atoms with van der Waals surface area (Å²) in [7, 11) is 1.48. The van der Waals surface area contributed by atoms with Crippen molar-refractivity contribution < 1.29 is 19.1 Å². The van der Waals surface area contributed by atoms with Gasteiger partial charge in [-0.1, -0.05) is 67.9 Å². The van der Waals surface area contributed by atoms with Crippen molar-refractivity contribution in [2.24, 2.45) is 0 Å². The molecule has 4 rings (SSSR count). The van der Waals surface area contributed by atoms with Gasteiger partial charge in [-0.25, -0.2) is 4.79 Å². The molecule has 1 unspecified atom stereocenters. The number of hydrogen-bond acceptors (Lipinski definition) is 4. The number of hydrogen-bond donors (Lipinski definition) is 1. The second kappa shape index (κ2) is 11.1. The van der Waals surface area contributed by atoms with Crippen molar-refractivity contribution in [1.82, 2.24) is 0 Å². The Morgan fingerprint density at radius 1 is 0.865 bits per heavy atom. The molecule has 1 N–H and O–H groups in total. The van der Waals surface area contributed by atoms with Crippen LogP contribution in [0.1, 0.15) is 58.5 Å². The van der Waals surface area contributed by atoms with Gasteiger partial charge in [-0.2, -0.15) is 0 Å². The Labute approximate surface area is 222 Å². The summed E-state index contributed by atoms with van der Waals surface area (Å²) in [6, 6.07) is 21.7. The Morgan fingerprint density at radius 2 is 1.54 bits per heavy atom. The molecule has 0 bridgehead atoms. The molecule has 0 aromatic heterocycles. The lowest BCUT2D eigenvalue weighted by atomic mass is 10.0. The number of fused-ring (bicyclic) bond motifs is 1. The number of aryl methyl sites for hydroxylation is 2. The standard InChI is InChI=1S/C31H30ClNO4/c1-18(2)22-11-10-19(3)28-25(17-22)20(4)16-26(28)33-30(34)29(21-12-14-23(32)15-13-21)37-31(35)24-8-6-7-9-27(24)36-5/h6-18,29H,1-5H3,(H,33,34). The minimum Gasteiger partial charge on any atom is -0.496 e. The van der Waals surface area contributed by atoms with Crippen LogP contribution >= 0.6 is 11.6 Å². The van der Waals surface area contributed by atoms with Gasteiger partial charge in [0.25, 0.3) is 5.91 Å². The van der Waals surface area contributed by atoms with Gasteiger partial charge in [0.05, 0.1) is 7.11 Å². The minimum absolute atomic E-state index is 0.232. The number of nitrogens with one attached hydrogen (secondary N) is 1. The normalized spacial score (nSPS) is 11.9. The average Bonchev–Trinajstić information content (AvgIpc) is 3.06. The van der Waals surface area contributed by atoms with Crippen LogP contribution in [-0.2, 0) is 9.53 Å². The molecule has 6 heteroatoms. The lowest BCUT2D eigenvalue weighted by Crippen LogP contribution is -2.26. The molecule has 0 spiro atoms. The maximum atomic E-state index is 13.7. The van der Waals surface area contributed by atoms with Gasteiger partial charge in [0, 0.05) is 21.8 Å². The van der Waals surface area contributed by atoms with Crippen molar-refractivity contribution in [1.29, 1.82) is 0 Å². The van der Waals surface area contributed by atoms with Gasteiger partial charge in [-0.15, -0.1) is 0 Å². The maximum absolute atomic E-state index is 13.7. The molecule has 0 saturated carbocycles. The number of carbonyl (C=O) groups excluding carboxylic acids is 2. The van der Waals surface area contributed by atoms with E-state index in [1.165, 1.54) is 12.7 Å². The predicted molar refractivity (Wildman–Crippen MR) is 148 cm³/mol.